The highest BCUT2D eigenvalue weighted by atomic mass is 19.4. The molecule has 14 heavy (non-hydrogen) atoms. The fourth-order valence-electron chi connectivity index (χ4n) is 0.794. The highest BCUT2D eigenvalue weighted by molar-refractivity contribution is 5.08. The van der Waals surface area contributed by atoms with Crippen molar-refractivity contribution >= 4 is 0 Å². The molecule has 0 aliphatic rings. The summed E-state index contributed by atoms with van der Waals surface area (Å²) in [5, 5.41) is 10.8. The number of nitrogens with zero attached hydrogens (tertiary/aromatic N) is 1. The Balaban J connectivity index is 4.36. The van der Waals surface area contributed by atoms with E-state index in [1.54, 1.807) is 6.07 Å². The van der Waals surface area contributed by atoms with Crippen molar-refractivity contribution in [2.45, 2.75) is 31.7 Å². The Kier molecular flexibility index (Phi) is 4.36. The molecule has 0 rings (SSSR count). The zero-order valence-corrected chi connectivity index (χ0v) is 8.27. The number of ether oxygens (including phenoxy) is 1. The fraction of sp³-hybridized carbons (Fsp3) is 0.875. The number of hydrogen-bond donors (Lipinski definition) is 1. The van der Waals surface area contributed by atoms with E-state index in [2.05, 4.69) is 5.32 Å². The van der Waals surface area contributed by atoms with Gasteiger partial charge in [-0.2, -0.15) is 18.4 Å². The standard InChI is InChI=1S/C8H13F3N2O/c1-6(14-3)7(2,4-12)13-5-8(9,10)11/h6,13H,5H2,1-3H3. The predicted molar refractivity (Wildman–Crippen MR) is 44.5 cm³/mol. The Morgan fingerprint density at radius 3 is 2.29 bits per heavy atom. The topological polar surface area (TPSA) is 45.0 Å². The molecule has 0 spiro atoms. The van der Waals surface area contributed by atoms with E-state index in [9.17, 15) is 13.2 Å². The van der Waals surface area contributed by atoms with Crippen molar-refractivity contribution in [3.8, 4) is 6.07 Å². The molecular formula is C8H13F3N2O. The summed E-state index contributed by atoms with van der Waals surface area (Å²) in [6, 6.07) is 1.77. The van der Waals surface area contributed by atoms with Gasteiger partial charge in [0.15, 0.2) is 0 Å². The third-order valence-electron chi connectivity index (χ3n) is 2.05. The van der Waals surface area contributed by atoms with Gasteiger partial charge in [-0.15, -0.1) is 0 Å². The molecule has 0 fully saturated rings. The van der Waals surface area contributed by atoms with Crippen LogP contribution in [0.1, 0.15) is 13.8 Å². The summed E-state index contributed by atoms with van der Waals surface area (Å²) >= 11 is 0. The quantitative estimate of drug-likeness (QED) is 0.763. The van der Waals surface area contributed by atoms with Crippen molar-refractivity contribution in [1.29, 1.82) is 5.26 Å². The van der Waals surface area contributed by atoms with E-state index in [0.29, 0.717) is 0 Å². The number of alkyl halides is 3. The van der Waals surface area contributed by atoms with Crippen molar-refractivity contribution in [3.05, 3.63) is 0 Å². The van der Waals surface area contributed by atoms with Crippen LogP contribution in [0.15, 0.2) is 0 Å². The van der Waals surface area contributed by atoms with Gasteiger partial charge in [-0.1, -0.05) is 0 Å². The lowest BCUT2D eigenvalue weighted by atomic mass is 9.98. The second-order valence-electron chi connectivity index (χ2n) is 3.16. The summed E-state index contributed by atoms with van der Waals surface area (Å²) in [4.78, 5) is 0. The van der Waals surface area contributed by atoms with Crippen LogP contribution >= 0.6 is 0 Å². The van der Waals surface area contributed by atoms with E-state index >= 15 is 0 Å². The van der Waals surface area contributed by atoms with Crippen LogP contribution in [0.5, 0.6) is 0 Å². The van der Waals surface area contributed by atoms with Gasteiger partial charge in [0, 0.05) is 7.11 Å². The van der Waals surface area contributed by atoms with Gasteiger partial charge >= 0.3 is 6.18 Å². The molecule has 0 aromatic rings. The summed E-state index contributed by atoms with van der Waals surface area (Å²) in [7, 11) is 1.34. The van der Waals surface area contributed by atoms with Crippen LogP contribution in [-0.4, -0.2) is 31.5 Å². The lowest BCUT2D eigenvalue weighted by Gasteiger charge is -2.29. The lowest BCUT2D eigenvalue weighted by molar-refractivity contribution is -0.129. The van der Waals surface area contributed by atoms with Crippen LogP contribution in [0.25, 0.3) is 0 Å². The number of hydrogen-bond acceptors (Lipinski definition) is 3. The number of nitriles is 1. The molecule has 1 N–H and O–H groups in total. The summed E-state index contributed by atoms with van der Waals surface area (Å²) in [6.45, 7) is 1.70. The molecule has 3 nitrogen and oxygen atoms in total. The van der Waals surface area contributed by atoms with Crippen LogP contribution < -0.4 is 5.32 Å². The summed E-state index contributed by atoms with van der Waals surface area (Å²) < 4.78 is 40.4. The van der Waals surface area contributed by atoms with Crippen molar-refractivity contribution in [2.24, 2.45) is 0 Å². The van der Waals surface area contributed by atoms with E-state index in [1.165, 1.54) is 21.0 Å². The minimum Gasteiger partial charge on any atom is -0.379 e. The largest absolute Gasteiger partial charge is 0.401 e. The Labute approximate surface area is 80.8 Å². The van der Waals surface area contributed by atoms with Crippen LogP contribution in [0.2, 0.25) is 0 Å². The molecule has 0 aromatic carbocycles. The van der Waals surface area contributed by atoms with Gasteiger partial charge < -0.3 is 4.74 Å². The van der Waals surface area contributed by atoms with Gasteiger partial charge in [-0.3, -0.25) is 5.32 Å². The Morgan fingerprint density at radius 1 is 1.50 bits per heavy atom. The maximum atomic E-state index is 11.9. The molecule has 0 amide bonds. The van der Waals surface area contributed by atoms with E-state index in [0.717, 1.165) is 0 Å². The second-order valence-corrected chi connectivity index (χ2v) is 3.16. The normalized spacial score (nSPS) is 18.4. The smallest absolute Gasteiger partial charge is 0.379 e. The third kappa shape index (κ3) is 3.94. The van der Waals surface area contributed by atoms with Gasteiger partial charge in [-0.05, 0) is 13.8 Å². The second kappa shape index (κ2) is 4.62. The van der Waals surface area contributed by atoms with Crippen LogP contribution in [0.3, 0.4) is 0 Å². The molecule has 2 atom stereocenters. The molecule has 2 unspecified atom stereocenters. The van der Waals surface area contributed by atoms with E-state index in [1.807, 2.05) is 0 Å². The van der Waals surface area contributed by atoms with Gasteiger partial charge in [0.2, 0.25) is 0 Å². The molecule has 0 radical (unpaired) electrons. The van der Waals surface area contributed by atoms with Crippen LogP contribution in [0, 0.1) is 11.3 Å². The number of nitrogens with one attached hydrogen (secondary N) is 1. The van der Waals surface area contributed by atoms with Gasteiger partial charge in [0.05, 0.1) is 18.7 Å². The molecule has 82 valence electrons. The van der Waals surface area contributed by atoms with Gasteiger partial charge in [-0.25, -0.2) is 0 Å². The summed E-state index contributed by atoms with van der Waals surface area (Å²) in [5.41, 5.74) is -1.33. The van der Waals surface area contributed by atoms with Gasteiger partial charge in [0.25, 0.3) is 0 Å². The highest BCUT2D eigenvalue weighted by Crippen LogP contribution is 2.17. The SMILES string of the molecule is COC(C)C(C)(C#N)NCC(F)(F)F. The first-order valence-electron chi connectivity index (χ1n) is 4.01. The molecule has 6 heteroatoms. The fourth-order valence-corrected chi connectivity index (χ4v) is 0.794. The average Bonchev–Trinajstić information content (AvgIpc) is 2.11. The zero-order chi connectivity index (χ0) is 11.4. The van der Waals surface area contributed by atoms with Crippen molar-refractivity contribution < 1.29 is 17.9 Å². The summed E-state index contributed by atoms with van der Waals surface area (Å²) in [5.74, 6) is 0. The third-order valence-corrected chi connectivity index (χ3v) is 2.05. The predicted octanol–water partition coefficient (Wildman–Crippen LogP) is 1.46. The molecule has 0 aliphatic heterocycles. The molecule has 0 aliphatic carbocycles. The first kappa shape index (κ1) is 13.2. The van der Waals surface area contributed by atoms with E-state index in [4.69, 9.17) is 10.00 Å². The molecule has 0 bridgehead atoms. The van der Waals surface area contributed by atoms with Crippen LogP contribution in [-0.2, 0) is 4.74 Å². The van der Waals surface area contributed by atoms with Gasteiger partial charge in [0.1, 0.15) is 5.54 Å². The minimum absolute atomic E-state index is 0.616. The van der Waals surface area contributed by atoms with Crippen molar-refractivity contribution in [2.75, 3.05) is 13.7 Å². The Hall–Kier alpha value is -0.800. The van der Waals surface area contributed by atoms with E-state index < -0.39 is 24.4 Å². The number of rotatable bonds is 4. The monoisotopic (exact) mass is 210 g/mol. The van der Waals surface area contributed by atoms with Crippen molar-refractivity contribution in [3.63, 3.8) is 0 Å². The first-order chi connectivity index (χ1) is 6.25. The average molecular weight is 210 g/mol. The molecular weight excluding hydrogens is 197 g/mol. The molecule has 0 aromatic heterocycles. The number of halogens is 3. The zero-order valence-electron chi connectivity index (χ0n) is 8.27. The molecule has 0 saturated heterocycles. The Bertz CT molecular complexity index is 224. The highest BCUT2D eigenvalue weighted by Gasteiger charge is 2.36. The molecule has 0 heterocycles. The summed E-state index contributed by atoms with van der Waals surface area (Å²) in [6.07, 6.45) is -4.94. The maximum Gasteiger partial charge on any atom is 0.401 e. The van der Waals surface area contributed by atoms with Crippen LogP contribution in [0.4, 0.5) is 13.2 Å². The van der Waals surface area contributed by atoms with Crippen molar-refractivity contribution in [1.82, 2.24) is 5.32 Å². The minimum atomic E-state index is -4.33. The maximum absolute atomic E-state index is 11.9. The van der Waals surface area contributed by atoms with E-state index in [-0.39, 0.29) is 0 Å². The molecule has 0 saturated carbocycles. The first-order valence-corrected chi connectivity index (χ1v) is 4.01. The lowest BCUT2D eigenvalue weighted by Crippen LogP contribution is -2.53. The Morgan fingerprint density at radius 2 is 2.00 bits per heavy atom. The number of methoxy groups -OCH3 is 1.